The molecule has 24 heavy (non-hydrogen) atoms. The fraction of sp³-hybridized carbons (Fsp3) is 0.400. The van der Waals surface area contributed by atoms with Crippen LogP contribution >= 0.6 is 12.4 Å². The van der Waals surface area contributed by atoms with Crippen molar-refractivity contribution in [1.29, 1.82) is 0 Å². The van der Waals surface area contributed by atoms with Crippen LogP contribution < -0.4 is 4.74 Å². The van der Waals surface area contributed by atoms with Crippen molar-refractivity contribution >= 4 is 18.2 Å². The predicted molar refractivity (Wildman–Crippen MR) is 97.0 cm³/mol. The van der Waals surface area contributed by atoms with Crippen molar-refractivity contribution in [3.8, 4) is 17.0 Å². The molecule has 0 radical (unpaired) electrons. The largest absolute Gasteiger partial charge is 0.497 e. The highest BCUT2D eigenvalue weighted by molar-refractivity contribution is 5.99. The average Bonchev–Trinajstić information content (AvgIpc) is 3.01. The second-order valence-electron chi connectivity index (χ2n) is 6.91. The molecule has 0 aliphatic heterocycles. The molecule has 0 bridgehead atoms. The summed E-state index contributed by atoms with van der Waals surface area (Å²) in [6.45, 7) is 0. The zero-order chi connectivity index (χ0) is 15.9. The van der Waals surface area contributed by atoms with Gasteiger partial charge in [-0.05, 0) is 48.9 Å². The third kappa shape index (κ3) is 2.93. The van der Waals surface area contributed by atoms with Crippen molar-refractivity contribution in [2.75, 3.05) is 7.11 Å². The SMILES string of the molecule is COc1cccc(-c2ccc3c(n2)CC2(CCCC2)CC3=O)c1.Cl. The lowest BCUT2D eigenvalue weighted by Gasteiger charge is -2.33. The molecule has 1 spiro atoms. The topological polar surface area (TPSA) is 39.2 Å². The lowest BCUT2D eigenvalue weighted by atomic mass is 9.71. The lowest BCUT2D eigenvalue weighted by Crippen LogP contribution is -2.30. The van der Waals surface area contributed by atoms with Gasteiger partial charge >= 0.3 is 0 Å². The van der Waals surface area contributed by atoms with Crippen LogP contribution in [0.2, 0.25) is 0 Å². The van der Waals surface area contributed by atoms with Gasteiger partial charge in [0.15, 0.2) is 5.78 Å². The first kappa shape index (κ1) is 17.0. The van der Waals surface area contributed by atoms with Crippen LogP contribution in [0.1, 0.15) is 48.2 Å². The predicted octanol–water partition coefficient (Wildman–Crippen LogP) is 4.87. The molecule has 0 atom stereocenters. The van der Waals surface area contributed by atoms with Crippen molar-refractivity contribution in [2.24, 2.45) is 5.41 Å². The van der Waals surface area contributed by atoms with E-state index in [2.05, 4.69) is 0 Å². The molecule has 0 saturated heterocycles. The first-order valence-electron chi connectivity index (χ1n) is 8.37. The van der Waals surface area contributed by atoms with Crippen LogP contribution in [0.4, 0.5) is 0 Å². The Balaban J connectivity index is 0.00000169. The number of hydrogen-bond donors (Lipinski definition) is 0. The maximum Gasteiger partial charge on any atom is 0.165 e. The van der Waals surface area contributed by atoms with Gasteiger partial charge in [-0.3, -0.25) is 9.78 Å². The number of ether oxygens (including phenoxy) is 1. The van der Waals surface area contributed by atoms with Crippen molar-refractivity contribution < 1.29 is 9.53 Å². The van der Waals surface area contributed by atoms with Crippen LogP contribution in [-0.4, -0.2) is 17.9 Å². The second-order valence-corrected chi connectivity index (χ2v) is 6.91. The number of nitrogens with zero attached hydrogens (tertiary/aromatic N) is 1. The van der Waals surface area contributed by atoms with Crippen LogP contribution in [0, 0.1) is 5.41 Å². The Bertz CT molecular complexity index is 766. The van der Waals surface area contributed by atoms with Gasteiger partial charge in [0, 0.05) is 17.5 Å². The summed E-state index contributed by atoms with van der Waals surface area (Å²) in [6, 6.07) is 11.8. The van der Waals surface area contributed by atoms with Crippen molar-refractivity contribution in [1.82, 2.24) is 4.98 Å². The smallest absolute Gasteiger partial charge is 0.165 e. The second kappa shape index (κ2) is 6.56. The van der Waals surface area contributed by atoms with Gasteiger partial charge in [-0.15, -0.1) is 12.4 Å². The molecule has 4 rings (SSSR count). The van der Waals surface area contributed by atoms with E-state index in [1.807, 2.05) is 36.4 Å². The third-order valence-corrected chi connectivity index (χ3v) is 5.38. The standard InChI is InChI=1S/C20H21NO2.ClH/c1-23-15-6-4-5-14(11-15)17-8-7-16-18(21-17)12-20(13-19(16)22)9-2-3-10-20;/h4-8,11H,2-3,9-10,12-13H2,1H3;1H. The Morgan fingerprint density at radius 3 is 2.62 bits per heavy atom. The van der Waals surface area contributed by atoms with Crippen LogP contribution in [0.15, 0.2) is 36.4 Å². The van der Waals surface area contributed by atoms with E-state index in [1.165, 1.54) is 25.7 Å². The van der Waals surface area contributed by atoms with Crippen LogP contribution in [-0.2, 0) is 6.42 Å². The molecule has 2 aliphatic rings. The quantitative estimate of drug-likeness (QED) is 0.781. The van der Waals surface area contributed by atoms with Gasteiger partial charge < -0.3 is 4.74 Å². The van der Waals surface area contributed by atoms with Gasteiger partial charge in [-0.2, -0.15) is 0 Å². The summed E-state index contributed by atoms with van der Waals surface area (Å²) < 4.78 is 5.30. The zero-order valence-electron chi connectivity index (χ0n) is 13.9. The van der Waals surface area contributed by atoms with E-state index in [0.29, 0.717) is 6.42 Å². The monoisotopic (exact) mass is 343 g/mol. The van der Waals surface area contributed by atoms with E-state index in [0.717, 1.165) is 34.7 Å². The van der Waals surface area contributed by atoms with Crippen molar-refractivity contribution in [3.63, 3.8) is 0 Å². The molecule has 0 unspecified atom stereocenters. The van der Waals surface area contributed by atoms with Crippen molar-refractivity contribution in [3.05, 3.63) is 47.7 Å². The summed E-state index contributed by atoms with van der Waals surface area (Å²) in [5.41, 5.74) is 3.96. The van der Waals surface area contributed by atoms with E-state index in [1.54, 1.807) is 7.11 Å². The molecule has 2 aromatic rings. The number of hydrogen-bond acceptors (Lipinski definition) is 3. The van der Waals surface area contributed by atoms with E-state index in [9.17, 15) is 4.79 Å². The summed E-state index contributed by atoms with van der Waals surface area (Å²) in [5.74, 6) is 1.10. The average molecular weight is 344 g/mol. The molecule has 1 heterocycles. The number of methoxy groups -OCH3 is 1. The fourth-order valence-electron chi connectivity index (χ4n) is 4.17. The molecule has 3 nitrogen and oxygen atoms in total. The van der Waals surface area contributed by atoms with E-state index >= 15 is 0 Å². The molecule has 1 aromatic carbocycles. The Morgan fingerprint density at radius 2 is 1.88 bits per heavy atom. The van der Waals surface area contributed by atoms with Crippen molar-refractivity contribution in [2.45, 2.75) is 38.5 Å². The minimum Gasteiger partial charge on any atom is -0.497 e. The summed E-state index contributed by atoms with van der Waals surface area (Å²) >= 11 is 0. The number of fused-ring (bicyclic) bond motifs is 1. The Morgan fingerprint density at radius 1 is 1.08 bits per heavy atom. The number of aromatic nitrogens is 1. The number of halogens is 1. The Labute approximate surface area is 148 Å². The number of carbonyl (C=O) groups excluding carboxylic acids is 1. The van der Waals surface area contributed by atoms with Gasteiger partial charge in [0.05, 0.1) is 18.5 Å². The number of benzene rings is 1. The highest BCUT2D eigenvalue weighted by Crippen LogP contribution is 2.47. The number of ketones is 1. The third-order valence-electron chi connectivity index (χ3n) is 5.38. The molecule has 1 fully saturated rings. The van der Waals surface area contributed by atoms with Gasteiger partial charge in [0.1, 0.15) is 5.75 Å². The molecule has 4 heteroatoms. The minimum atomic E-state index is 0. The maximum absolute atomic E-state index is 12.5. The Hall–Kier alpha value is -1.87. The van der Waals surface area contributed by atoms with E-state index in [4.69, 9.17) is 9.72 Å². The fourth-order valence-corrected chi connectivity index (χ4v) is 4.17. The molecule has 126 valence electrons. The maximum atomic E-state index is 12.5. The molecular weight excluding hydrogens is 322 g/mol. The molecule has 1 aromatic heterocycles. The van der Waals surface area contributed by atoms with Crippen LogP contribution in [0.5, 0.6) is 5.75 Å². The number of pyridine rings is 1. The first-order valence-corrected chi connectivity index (χ1v) is 8.37. The first-order chi connectivity index (χ1) is 11.2. The van der Waals surface area contributed by atoms with E-state index in [-0.39, 0.29) is 23.6 Å². The number of Topliss-reactive ketones (excluding diaryl/α,β-unsaturated/α-hetero) is 1. The molecule has 0 N–H and O–H groups in total. The summed E-state index contributed by atoms with van der Waals surface area (Å²) in [4.78, 5) is 17.4. The van der Waals surface area contributed by atoms with Crippen LogP contribution in [0.3, 0.4) is 0 Å². The normalized spacial score (nSPS) is 18.1. The van der Waals surface area contributed by atoms with Crippen LogP contribution in [0.25, 0.3) is 11.3 Å². The lowest BCUT2D eigenvalue weighted by molar-refractivity contribution is 0.0885. The van der Waals surface area contributed by atoms with Gasteiger partial charge in [0.25, 0.3) is 0 Å². The highest BCUT2D eigenvalue weighted by atomic mass is 35.5. The molecular formula is C20H22ClNO2. The Kier molecular flexibility index (Phi) is 4.64. The molecule has 2 aliphatic carbocycles. The number of carbonyl (C=O) groups is 1. The summed E-state index contributed by atoms with van der Waals surface area (Å²) in [5, 5.41) is 0. The van der Waals surface area contributed by atoms with Gasteiger partial charge in [0.2, 0.25) is 0 Å². The van der Waals surface area contributed by atoms with Gasteiger partial charge in [-0.1, -0.05) is 25.0 Å². The summed E-state index contributed by atoms with van der Waals surface area (Å²) in [7, 11) is 1.67. The summed E-state index contributed by atoms with van der Waals surface area (Å²) in [6.07, 6.45) is 6.49. The number of rotatable bonds is 2. The minimum absolute atomic E-state index is 0. The zero-order valence-corrected chi connectivity index (χ0v) is 14.7. The highest BCUT2D eigenvalue weighted by Gasteiger charge is 2.41. The van der Waals surface area contributed by atoms with E-state index < -0.39 is 0 Å². The van der Waals surface area contributed by atoms with Gasteiger partial charge in [-0.25, -0.2) is 0 Å². The molecule has 0 amide bonds. The molecule has 1 saturated carbocycles.